The lowest BCUT2D eigenvalue weighted by Gasteiger charge is -2.37. The first-order valence-electron chi connectivity index (χ1n) is 17.1. The van der Waals surface area contributed by atoms with Gasteiger partial charge in [-0.2, -0.15) is 0 Å². The molecule has 2 aromatic rings. The average molecular weight is 668 g/mol. The third-order valence-electron chi connectivity index (χ3n) is 7.77. The van der Waals surface area contributed by atoms with Gasteiger partial charge in [0.05, 0.1) is 0 Å². The largest absolute Gasteiger partial charge is 0.508 e. The highest BCUT2D eigenvalue weighted by Gasteiger charge is 2.40. The van der Waals surface area contributed by atoms with Gasteiger partial charge in [-0.05, 0) is 65.5 Å². The van der Waals surface area contributed by atoms with E-state index in [4.69, 9.17) is 9.47 Å². The number of phenolic OH excluding ortho intramolecular Hbond substituents is 1. The lowest BCUT2D eigenvalue weighted by Crippen LogP contribution is -2.56. The number of nitrogens with zero attached hydrogens (tertiary/aromatic N) is 1. The second-order valence-electron chi connectivity index (χ2n) is 14.3. The van der Waals surface area contributed by atoms with E-state index in [2.05, 4.69) is 17.6 Å². The number of ether oxygens (including phenoxy) is 2. The summed E-state index contributed by atoms with van der Waals surface area (Å²) < 4.78 is 11.2. The van der Waals surface area contributed by atoms with Crippen molar-refractivity contribution in [2.45, 2.75) is 130 Å². The zero-order valence-electron chi connectivity index (χ0n) is 30.3. The smallest absolute Gasteiger partial charge is 0.408 e. The van der Waals surface area contributed by atoms with Crippen LogP contribution in [0.15, 0.2) is 54.6 Å². The number of carbonyl (C=O) groups excluding carboxylic acids is 4. The maximum atomic E-state index is 14.6. The van der Waals surface area contributed by atoms with Crippen LogP contribution in [0.4, 0.5) is 4.79 Å². The number of aromatic hydroxyl groups is 1. The number of esters is 1. The van der Waals surface area contributed by atoms with E-state index in [-0.39, 0.29) is 30.2 Å². The van der Waals surface area contributed by atoms with Crippen LogP contribution in [0, 0.1) is 5.92 Å². The van der Waals surface area contributed by atoms with Crippen molar-refractivity contribution in [3.63, 3.8) is 0 Å². The van der Waals surface area contributed by atoms with Crippen LogP contribution in [0.2, 0.25) is 0 Å². The van der Waals surface area contributed by atoms with Crippen LogP contribution in [0.3, 0.4) is 0 Å². The number of alkyl carbamates (subject to hydrolysis) is 1. The molecule has 4 atom stereocenters. The molecule has 3 amide bonds. The molecule has 0 fully saturated rings. The highest BCUT2D eigenvalue weighted by molar-refractivity contribution is 5.94. The molecular weight excluding hydrogens is 610 g/mol. The van der Waals surface area contributed by atoms with Crippen molar-refractivity contribution in [1.29, 1.82) is 0 Å². The third kappa shape index (κ3) is 13.2. The molecule has 266 valence electrons. The molecule has 2 rings (SSSR count). The van der Waals surface area contributed by atoms with Gasteiger partial charge in [-0.15, -0.1) is 0 Å². The van der Waals surface area contributed by atoms with Gasteiger partial charge in [0, 0.05) is 18.5 Å². The molecule has 10 heteroatoms. The van der Waals surface area contributed by atoms with Gasteiger partial charge in [-0.1, -0.05) is 95.0 Å². The topological polar surface area (TPSA) is 134 Å². The Morgan fingerprint density at radius 2 is 1.42 bits per heavy atom. The van der Waals surface area contributed by atoms with Crippen molar-refractivity contribution in [2.24, 2.45) is 5.92 Å². The first-order chi connectivity index (χ1) is 22.5. The van der Waals surface area contributed by atoms with Crippen LogP contribution in [0.1, 0.15) is 112 Å². The minimum atomic E-state index is -1.33. The fraction of sp³-hybridized carbons (Fsp3) is 0.579. The summed E-state index contributed by atoms with van der Waals surface area (Å²) in [4.78, 5) is 57.1. The molecule has 0 aliphatic carbocycles. The minimum absolute atomic E-state index is 0.148. The second-order valence-corrected chi connectivity index (χ2v) is 14.3. The quantitative estimate of drug-likeness (QED) is 0.132. The molecule has 4 unspecified atom stereocenters. The Balaban J connectivity index is 2.66. The van der Waals surface area contributed by atoms with Crippen molar-refractivity contribution in [2.75, 3.05) is 6.54 Å². The molecule has 48 heavy (non-hydrogen) atoms. The van der Waals surface area contributed by atoms with Crippen LogP contribution >= 0.6 is 0 Å². The van der Waals surface area contributed by atoms with Crippen LogP contribution < -0.4 is 10.6 Å². The van der Waals surface area contributed by atoms with Crippen molar-refractivity contribution >= 4 is 23.9 Å². The molecule has 0 heterocycles. The Kier molecular flexibility index (Phi) is 15.4. The number of benzene rings is 2. The maximum Gasteiger partial charge on any atom is 0.408 e. The van der Waals surface area contributed by atoms with E-state index < -0.39 is 53.2 Å². The number of phenols is 1. The molecule has 0 spiro atoms. The molecule has 2 aromatic carbocycles. The zero-order valence-corrected chi connectivity index (χ0v) is 30.3. The summed E-state index contributed by atoms with van der Waals surface area (Å²) in [7, 11) is 0. The van der Waals surface area contributed by atoms with Gasteiger partial charge >= 0.3 is 12.1 Å². The lowest BCUT2D eigenvalue weighted by molar-refractivity contribution is -0.159. The summed E-state index contributed by atoms with van der Waals surface area (Å²) in [5.41, 5.74) is -0.604. The maximum absolute atomic E-state index is 14.6. The van der Waals surface area contributed by atoms with E-state index in [9.17, 15) is 24.3 Å². The predicted molar refractivity (Wildman–Crippen MR) is 187 cm³/mol. The molecule has 10 nitrogen and oxygen atoms in total. The van der Waals surface area contributed by atoms with E-state index in [0.29, 0.717) is 12.8 Å². The molecular formula is C38H57N3O7. The number of nitrogens with one attached hydrogen (secondary N) is 2. The highest BCUT2D eigenvalue weighted by atomic mass is 16.6. The number of carbonyl (C=O) groups is 4. The number of hydrogen-bond donors (Lipinski definition) is 3. The normalized spacial score (nSPS) is 14.2. The van der Waals surface area contributed by atoms with Crippen LogP contribution in [-0.4, -0.2) is 63.7 Å². The van der Waals surface area contributed by atoms with E-state index >= 15 is 0 Å². The summed E-state index contributed by atoms with van der Waals surface area (Å²) >= 11 is 0. The van der Waals surface area contributed by atoms with E-state index in [1.54, 1.807) is 59.7 Å². The standard InChI is InChI=1S/C38H57N3O7/c1-10-12-13-19-24-41(34(44)31(26(3)11-2)40-36(46)48-38(7,8)9)32(28-22-17-18-23-30(28)42)33(43)39-29(35(45)47-37(4,5)6)25-27-20-15-14-16-21-27/h14-18,20-23,26,29,31-32,42H,10-13,19,24-25H2,1-9H3,(H,39,43)(H,40,46). The van der Waals surface area contributed by atoms with Crippen molar-refractivity contribution < 1.29 is 33.8 Å². The number of amides is 3. The fourth-order valence-electron chi connectivity index (χ4n) is 5.21. The van der Waals surface area contributed by atoms with E-state index in [1.807, 2.05) is 44.2 Å². The second kappa shape index (κ2) is 18.5. The highest BCUT2D eigenvalue weighted by Crippen LogP contribution is 2.31. The van der Waals surface area contributed by atoms with Crippen LogP contribution in [0.5, 0.6) is 5.75 Å². The summed E-state index contributed by atoms with van der Waals surface area (Å²) in [5, 5.41) is 16.7. The molecule has 0 radical (unpaired) electrons. The number of hydrogen-bond acceptors (Lipinski definition) is 7. The Hall–Kier alpha value is -4.08. The molecule has 0 saturated carbocycles. The molecule has 0 aromatic heterocycles. The molecule has 3 N–H and O–H groups in total. The zero-order chi connectivity index (χ0) is 36.1. The average Bonchev–Trinajstić information content (AvgIpc) is 2.99. The number of para-hydroxylation sites is 1. The predicted octanol–water partition coefficient (Wildman–Crippen LogP) is 6.85. The van der Waals surface area contributed by atoms with Crippen molar-refractivity contribution in [3.05, 3.63) is 65.7 Å². The fourth-order valence-corrected chi connectivity index (χ4v) is 5.21. The first-order valence-corrected chi connectivity index (χ1v) is 17.1. The number of unbranched alkanes of at least 4 members (excludes halogenated alkanes) is 3. The van der Waals surface area contributed by atoms with Gasteiger partial charge in [0.1, 0.15) is 35.1 Å². The van der Waals surface area contributed by atoms with Crippen LogP contribution in [0.25, 0.3) is 0 Å². The lowest BCUT2D eigenvalue weighted by atomic mass is 9.95. The van der Waals surface area contributed by atoms with E-state index in [0.717, 1.165) is 24.8 Å². The summed E-state index contributed by atoms with van der Waals surface area (Å²) in [5.74, 6) is -2.27. The van der Waals surface area contributed by atoms with Gasteiger partial charge in [-0.3, -0.25) is 9.59 Å². The summed E-state index contributed by atoms with van der Waals surface area (Å²) in [6, 6.07) is 12.2. The van der Waals surface area contributed by atoms with Gasteiger partial charge in [0.15, 0.2) is 0 Å². The van der Waals surface area contributed by atoms with Crippen molar-refractivity contribution in [1.82, 2.24) is 15.5 Å². The molecule has 0 aliphatic rings. The third-order valence-corrected chi connectivity index (χ3v) is 7.77. The molecule has 0 bridgehead atoms. The Labute approximate surface area is 287 Å². The Bertz CT molecular complexity index is 1330. The van der Waals surface area contributed by atoms with Gasteiger partial charge in [0.25, 0.3) is 0 Å². The van der Waals surface area contributed by atoms with Gasteiger partial charge in [0.2, 0.25) is 11.8 Å². The Morgan fingerprint density at radius 1 is 0.812 bits per heavy atom. The Morgan fingerprint density at radius 3 is 1.98 bits per heavy atom. The summed E-state index contributed by atoms with van der Waals surface area (Å²) in [6.07, 6.45) is 3.23. The van der Waals surface area contributed by atoms with E-state index in [1.165, 1.54) is 11.0 Å². The summed E-state index contributed by atoms with van der Waals surface area (Å²) in [6.45, 7) is 16.5. The SMILES string of the molecule is CCCCCCN(C(=O)C(NC(=O)OC(C)(C)C)C(C)CC)C(C(=O)NC(Cc1ccccc1)C(=O)OC(C)(C)C)c1ccccc1O. The first kappa shape index (κ1) is 40.1. The number of rotatable bonds is 16. The van der Waals surface area contributed by atoms with Gasteiger partial charge in [-0.25, -0.2) is 9.59 Å². The monoisotopic (exact) mass is 667 g/mol. The van der Waals surface area contributed by atoms with Crippen molar-refractivity contribution in [3.8, 4) is 5.75 Å². The van der Waals surface area contributed by atoms with Gasteiger partial charge < -0.3 is 30.1 Å². The van der Waals surface area contributed by atoms with Crippen LogP contribution in [-0.2, 0) is 30.3 Å². The minimum Gasteiger partial charge on any atom is -0.508 e. The molecule has 0 saturated heterocycles. The molecule has 0 aliphatic heterocycles.